The Bertz CT molecular complexity index is 1040. The molecule has 0 saturated heterocycles. The third kappa shape index (κ3) is 5.79. The topological polar surface area (TPSA) is 64.4 Å². The minimum absolute atomic E-state index is 0.485. The Hall–Kier alpha value is -2.93. The molecule has 0 aliphatic carbocycles. The predicted octanol–water partition coefficient (Wildman–Crippen LogP) is 5.45. The van der Waals surface area contributed by atoms with Crippen molar-refractivity contribution in [2.45, 2.75) is 46.6 Å². The first kappa shape index (κ1) is 21.8. The second-order valence-electron chi connectivity index (χ2n) is 7.02. The van der Waals surface area contributed by atoms with Crippen molar-refractivity contribution in [1.29, 1.82) is 0 Å². The molecule has 0 unspecified atom stereocenters. The Morgan fingerprint density at radius 3 is 2.63 bits per heavy atom. The van der Waals surface area contributed by atoms with Crippen LogP contribution in [0.4, 0.5) is 0 Å². The zero-order valence-electron chi connectivity index (χ0n) is 17.7. The summed E-state index contributed by atoms with van der Waals surface area (Å²) >= 11 is 5.30. The molecule has 0 spiro atoms. The molecule has 7 heteroatoms. The van der Waals surface area contributed by atoms with E-state index in [1.54, 1.807) is 10.9 Å². The Kier molecular flexibility index (Phi) is 7.79. The highest BCUT2D eigenvalue weighted by atomic mass is 32.1. The first-order chi connectivity index (χ1) is 14.6. The summed E-state index contributed by atoms with van der Waals surface area (Å²) in [5, 5.41) is 11.6. The first-order valence-corrected chi connectivity index (χ1v) is 10.7. The zero-order chi connectivity index (χ0) is 21.3. The number of hydrogen-bond donors (Lipinski definition) is 1. The number of hydrogen-bond acceptors (Lipinski definition) is 5. The highest BCUT2D eigenvalue weighted by molar-refractivity contribution is 7.71. The van der Waals surface area contributed by atoms with E-state index in [9.17, 15) is 0 Å². The molecule has 3 rings (SSSR count). The van der Waals surface area contributed by atoms with Gasteiger partial charge in [-0.2, -0.15) is 14.9 Å². The lowest BCUT2D eigenvalue weighted by molar-refractivity contribution is 0.269. The maximum absolute atomic E-state index is 6.00. The van der Waals surface area contributed by atoms with E-state index < -0.39 is 0 Å². The second kappa shape index (κ2) is 10.7. The minimum atomic E-state index is 0.485. The van der Waals surface area contributed by atoms with Gasteiger partial charge in [0, 0.05) is 6.42 Å². The van der Waals surface area contributed by atoms with Crippen LogP contribution in [0.15, 0.2) is 47.6 Å². The van der Waals surface area contributed by atoms with Crippen LogP contribution in [-0.2, 0) is 13.0 Å². The molecule has 1 aromatic heterocycles. The van der Waals surface area contributed by atoms with Crippen molar-refractivity contribution in [3.8, 4) is 11.5 Å². The summed E-state index contributed by atoms with van der Waals surface area (Å²) in [6.45, 7) is 7.21. The van der Waals surface area contributed by atoms with Crippen LogP contribution in [0.3, 0.4) is 0 Å². The van der Waals surface area contributed by atoms with Gasteiger partial charge in [0.05, 0.1) is 12.8 Å². The summed E-state index contributed by atoms with van der Waals surface area (Å²) in [6.07, 6.45) is 4.71. The maximum Gasteiger partial charge on any atom is 0.216 e. The molecular formula is C23H28N4O2S. The minimum Gasteiger partial charge on any atom is -0.490 e. The molecule has 3 aromatic rings. The highest BCUT2D eigenvalue weighted by Crippen LogP contribution is 2.29. The average molecular weight is 425 g/mol. The molecular weight excluding hydrogens is 396 g/mol. The van der Waals surface area contributed by atoms with E-state index in [2.05, 4.69) is 53.4 Å². The summed E-state index contributed by atoms with van der Waals surface area (Å²) in [6, 6.07) is 14.1. The number of nitrogens with one attached hydrogen (secondary N) is 1. The Balaban J connectivity index is 1.76. The number of nitrogens with zero attached hydrogens (tertiary/aromatic N) is 3. The summed E-state index contributed by atoms with van der Waals surface area (Å²) in [5.74, 6) is 2.23. The van der Waals surface area contributed by atoms with Gasteiger partial charge >= 0.3 is 0 Å². The number of benzene rings is 2. The number of H-pyrrole nitrogens is 1. The van der Waals surface area contributed by atoms with E-state index in [0.717, 1.165) is 36.2 Å². The van der Waals surface area contributed by atoms with Gasteiger partial charge in [0.1, 0.15) is 6.61 Å². The molecule has 0 saturated carbocycles. The van der Waals surface area contributed by atoms with Crippen LogP contribution in [-0.4, -0.2) is 27.7 Å². The van der Waals surface area contributed by atoms with E-state index in [-0.39, 0.29) is 0 Å². The summed E-state index contributed by atoms with van der Waals surface area (Å²) in [7, 11) is 0. The number of ether oxygens (including phenoxy) is 2. The highest BCUT2D eigenvalue weighted by Gasteiger charge is 2.08. The molecule has 0 radical (unpaired) electrons. The van der Waals surface area contributed by atoms with Gasteiger partial charge in [-0.1, -0.05) is 43.2 Å². The zero-order valence-corrected chi connectivity index (χ0v) is 18.5. The van der Waals surface area contributed by atoms with Crippen molar-refractivity contribution in [3.05, 3.63) is 69.8 Å². The Morgan fingerprint density at radius 1 is 1.10 bits per heavy atom. The van der Waals surface area contributed by atoms with Gasteiger partial charge in [-0.15, -0.1) is 0 Å². The van der Waals surface area contributed by atoms with Gasteiger partial charge in [0.25, 0.3) is 0 Å². The van der Waals surface area contributed by atoms with E-state index >= 15 is 0 Å². The van der Waals surface area contributed by atoms with Crippen molar-refractivity contribution < 1.29 is 9.47 Å². The smallest absolute Gasteiger partial charge is 0.216 e. The molecule has 0 fully saturated rings. The van der Waals surface area contributed by atoms with Crippen molar-refractivity contribution >= 4 is 18.4 Å². The van der Waals surface area contributed by atoms with Gasteiger partial charge in [0.2, 0.25) is 4.77 Å². The van der Waals surface area contributed by atoms with E-state index in [1.807, 2.05) is 25.1 Å². The van der Waals surface area contributed by atoms with Crippen molar-refractivity contribution in [2.24, 2.45) is 5.10 Å². The molecule has 30 heavy (non-hydrogen) atoms. The molecule has 0 aliphatic rings. The molecule has 2 aromatic carbocycles. The quantitative estimate of drug-likeness (QED) is 0.347. The van der Waals surface area contributed by atoms with E-state index in [1.165, 1.54) is 5.56 Å². The SMILES string of the molecule is CCCCc1n[nH]c(=S)n1/N=C\c1ccc(OCc2ccc(C)cc2)c(OCC)c1. The third-order valence-corrected chi connectivity index (χ3v) is 4.84. The van der Waals surface area contributed by atoms with Crippen LogP contribution in [0.2, 0.25) is 0 Å². The van der Waals surface area contributed by atoms with Crippen LogP contribution >= 0.6 is 12.2 Å². The number of rotatable bonds is 10. The second-order valence-corrected chi connectivity index (χ2v) is 7.41. The number of aryl methyl sites for hydroxylation is 2. The fourth-order valence-electron chi connectivity index (χ4n) is 2.90. The summed E-state index contributed by atoms with van der Waals surface area (Å²) in [4.78, 5) is 0. The lowest BCUT2D eigenvalue weighted by atomic mass is 10.2. The number of aromatic nitrogens is 3. The van der Waals surface area contributed by atoms with Gasteiger partial charge in [-0.3, -0.25) is 5.10 Å². The largest absolute Gasteiger partial charge is 0.490 e. The van der Waals surface area contributed by atoms with Crippen LogP contribution < -0.4 is 9.47 Å². The Morgan fingerprint density at radius 2 is 1.90 bits per heavy atom. The third-order valence-electron chi connectivity index (χ3n) is 4.58. The lowest BCUT2D eigenvalue weighted by Gasteiger charge is -2.13. The average Bonchev–Trinajstić information content (AvgIpc) is 3.10. The Labute approximate surface area is 182 Å². The first-order valence-electron chi connectivity index (χ1n) is 10.3. The number of aromatic amines is 1. The summed E-state index contributed by atoms with van der Waals surface area (Å²) in [5.41, 5.74) is 3.24. The van der Waals surface area contributed by atoms with E-state index in [4.69, 9.17) is 21.7 Å². The monoisotopic (exact) mass is 424 g/mol. The maximum atomic E-state index is 6.00. The fourth-order valence-corrected chi connectivity index (χ4v) is 3.10. The van der Waals surface area contributed by atoms with Crippen molar-refractivity contribution in [1.82, 2.24) is 14.9 Å². The van der Waals surface area contributed by atoms with Crippen LogP contribution in [0.25, 0.3) is 0 Å². The van der Waals surface area contributed by atoms with Crippen LogP contribution in [0.1, 0.15) is 49.2 Å². The molecule has 1 heterocycles. The van der Waals surface area contributed by atoms with Gasteiger partial charge in [-0.05, 0) is 61.8 Å². The predicted molar refractivity (Wildman–Crippen MR) is 122 cm³/mol. The van der Waals surface area contributed by atoms with Crippen molar-refractivity contribution in [3.63, 3.8) is 0 Å². The molecule has 0 bridgehead atoms. The fraction of sp³-hybridized carbons (Fsp3) is 0.348. The molecule has 0 aliphatic heterocycles. The van der Waals surface area contributed by atoms with Crippen molar-refractivity contribution in [2.75, 3.05) is 6.61 Å². The molecule has 0 atom stereocenters. The van der Waals surface area contributed by atoms with Crippen LogP contribution in [0.5, 0.6) is 11.5 Å². The molecule has 1 N–H and O–H groups in total. The van der Waals surface area contributed by atoms with Gasteiger partial charge in [0.15, 0.2) is 17.3 Å². The van der Waals surface area contributed by atoms with Gasteiger partial charge < -0.3 is 9.47 Å². The summed E-state index contributed by atoms with van der Waals surface area (Å²) < 4.78 is 13.9. The molecule has 158 valence electrons. The van der Waals surface area contributed by atoms with Crippen LogP contribution in [0, 0.1) is 11.7 Å². The molecule has 6 nitrogen and oxygen atoms in total. The van der Waals surface area contributed by atoms with E-state index in [0.29, 0.717) is 29.5 Å². The lowest BCUT2D eigenvalue weighted by Crippen LogP contribution is -2.01. The standard InChI is InChI=1S/C23H28N4O2S/c1-4-6-7-22-25-26-23(30)27(22)24-15-19-12-13-20(21(14-19)28-5-2)29-16-18-10-8-17(3)9-11-18/h8-15H,4-7,16H2,1-3H3,(H,26,30)/b24-15-. The van der Waals surface area contributed by atoms with Gasteiger partial charge in [-0.25, -0.2) is 0 Å². The normalized spacial score (nSPS) is 11.2. The number of unbranched alkanes of at least 4 members (excludes halogenated alkanes) is 1. The molecule has 0 amide bonds.